The Bertz CT molecular complexity index is 1160. The van der Waals surface area contributed by atoms with Crippen molar-refractivity contribution in [2.75, 3.05) is 7.11 Å². The SMILES string of the molecule is COc1cccc(CNC(=O)c2cc(-c3nnn(C[C@H]4CC[C@H](C#N)CC4)n3)nc(C)n2)c1. The van der Waals surface area contributed by atoms with E-state index in [2.05, 4.69) is 36.8 Å². The fraction of sp³-hybridized carbons (Fsp3) is 0.435. The quantitative estimate of drug-likeness (QED) is 0.586. The maximum absolute atomic E-state index is 12.7. The van der Waals surface area contributed by atoms with E-state index in [9.17, 15) is 4.79 Å². The number of ether oxygens (including phenoxy) is 1. The summed E-state index contributed by atoms with van der Waals surface area (Å²) in [6.45, 7) is 2.72. The Morgan fingerprint density at radius 2 is 2.06 bits per heavy atom. The number of carbonyl (C=O) groups excluding carboxylic acids is 1. The van der Waals surface area contributed by atoms with Crippen molar-refractivity contribution in [2.45, 2.75) is 45.7 Å². The molecule has 33 heavy (non-hydrogen) atoms. The van der Waals surface area contributed by atoms with E-state index in [0.717, 1.165) is 37.0 Å². The predicted molar refractivity (Wildman–Crippen MR) is 119 cm³/mol. The van der Waals surface area contributed by atoms with E-state index in [1.54, 1.807) is 24.9 Å². The molecule has 0 aliphatic heterocycles. The minimum Gasteiger partial charge on any atom is -0.497 e. The number of methoxy groups -OCH3 is 1. The summed E-state index contributed by atoms with van der Waals surface area (Å²) < 4.78 is 5.22. The van der Waals surface area contributed by atoms with E-state index in [1.807, 2.05) is 24.3 Å². The topological polar surface area (TPSA) is 132 Å². The Kier molecular flexibility index (Phi) is 6.88. The van der Waals surface area contributed by atoms with Crippen LogP contribution in [0.15, 0.2) is 30.3 Å². The Labute approximate surface area is 192 Å². The number of rotatable bonds is 7. The van der Waals surface area contributed by atoms with Gasteiger partial charge in [-0.25, -0.2) is 9.97 Å². The van der Waals surface area contributed by atoms with Gasteiger partial charge >= 0.3 is 0 Å². The molecular formula is C23H26N8O2. The molecule has 1 fully saturated rings. The molecule has 0 unspecified atom stereocenters. The second kappa shape index (κ2) is 10.2. The molecule has 1 saturated carbocycles. The van der Waals surface area contributed by atoms with Crippen molar-refractivity contribution < 1.29 is 9.53 Å². The molecule has 2 heterocycles. The van der Waals surface area contributed by atoms with E-state index in [1.165, 1.54) is 0 Å². The van der Waals surface area contributed by atoms with Crippen LogP contribution < -0.4 is 10.1 Å². The Balaban J connectivity index is 1.42. The van der Waals surface area contributed by atoms with Gasteiger partial charge in [0.15, 0.2) is 0 Å². The maximum Gasteiger partial charge on any atom is 0.270 e. The van der Waals surface area contributed by atoms with Gasteiger partial charge in [0.25, 0.3) is 5.91 Å². The number of aromatic nitrogens is 6. The van der Waals surface area contributed by atoms with Gasteiger partial charge in [0.05, 0.1) is 19.7 Å². The predicted octanol–water partition coefficient (Wildman–Crippen LogP) is 2.71. The molecule has 1 amide bonds. The maximum atomic E-state index is 12.7. The van der Waals surface area contributed by atoms with Crippen LogP contribution in [-0.2, 0) is 13.1 Å². The van der Waals surface area contributed by atoms with Crippen LogP contribution in [0.25, 0.3) is 11.5 Å². The average molecular weight is 447 g/mol. The number of hydrogen-bond donors (Lipinski definition) is 1. The van der Waals surface area contributed by atoms with Crippen molar-refractivity contribution in [2.24, 2.45) is 11.8 Å². The van der Waals surface area contributed by atoms with Gasteiger partial charge in [-0.2, -0.15) is 10.1 Å². The monoisotopic (exact) mass is 446 g/mol. The third-order valence-electron chi connectivity index (χ3n) is 5.79. The lowest BCUT2D eigenvalue weighted by molar-refractivity contribution is 0.0945. The number of nitrogens with one attached hydrogen (secondary N) is 1. The van der Waals surface area contributed by atoms with Gasteiger partial charge in [0.1, 0.15) is 23.0 Å². The molecule has 3 aromatic rings. The van der Waals surface area contributed by atoms with Gasteiger partial charge in [0, 0.05) is 12.5 Å². The van der Waals surface area contributed by atoms with Gasteiger partial charge < -0.3 is 10.1 Å². The lowest BCUT2D eigenvalue weighted by Crippen LogP contribution is -2.24. The summed E-state index contributed by atoms with van der Waals surface area (Å²) in [4.78, 5) is 22.9. The third kappa shape index (κ3) is 5.68. The Morgan fingerprint density at radius 3 is 2.82 bits per heavy atom. The van der Waals surface area contributed by atoms with Crippen LogP contribution in [0.2, 0.25) is 0 Å². The van der Waals surface area contributed by atoms with E-state index in [4.69, 9.17) is 10.00 Å². The number of tetrazole rings is 1. The molecule has 1 aromatic carbocycles. The summed E-state index contributed by atoms with van der Waals surface area (Å²) in [5.41, 5.74) is 1.61. The summed E-state index contributed by atoms with van der Waals surface area (Å²) in [5.74, 6) is 1.82. The fourth-order valence-corrected chi connectivity index (χ4v) is 3.98. The van der Waals surface area contributed by atoms with Crippen LogP contribution in [0.1, 0.15) is 47.6 Å². The largest absolute Gasteiger partial charge is 0.497 e. The molecule has 170 valence electrons. The number of amides is 1. The zero-order valence-corrected chi connectivity index (χ0v) is 18.7. The van der Waals surface area contributed by atoms with Crippen LogP contribution in [0, 0.1) is 30.1 Å². The molecule has 2 aromatic heterocycles. The molecule has 4 rings (SSSR count). The molecule has 10 nitrogen and oxygen atoms in total. The number of hydrogen-bond acceptors (Lipinski definition) is 8. The highest BCUT2D eigenvalue weighted by Crippen LogP contribution is 2.29. The number of nitrogens with zero attached hydrogens (tertiary/aromatic N) is 7. The van der Waals surface area contributed by atoms with E-state index >= 15 is 0 Å². The van der Waals surface area contributed by atoms with Crippen molar-refractivity contribution in [3.63, 3.8) is 0 Å². The Hall–Kier alpha value is -3.87. The first-order valence-corrected chi connectivity index (χ1v) is 11.0. The average Bonchev–Trinajstić information content (AvgIpc) is 3.31. The molecule has 1 aliphatic rings. The van der Waals surface area contributed by atoms with Crippen molar-refractivity contribution >= 4 is 5.91 Å². The Morgan fingerprint density at radius 1 is 1.24 bits per heavy atom. The van der Waals surface area contributed by atoms with Crippen LogP contribution >= 0.6 is 0 Å². The molecule has 1 aliphatic carbocycles. The first-order valence-electron chi connectivity index (χ1n) is 11.0. The normalized spacial score (nSPS) is 17.8. The molecule has 0 saturated heterocycles. The highest BCUT2D eigenvalue weighted by molar-refractivity contribution is 5.93. The van der Waals surface area contributed by atoms with Crippen molar-refractivity contribution in [1.82, 2.24) is 35.5 Å². The van der Waals surface area contributed by atoms with Gasteiger partial charge in [-0.1, -0.05) is 12.1 Å². The van der Waals surface area contributed by atoms with E-state index < -0.39 is 0 Å². The number of aryl methyl sites for hydroxylation is 1. The smallest absolute Gasteiger partial charge is 0.270 e. The highest BCUT2D eigenvalue weighted by atomic mass is 16.5. The third-order valence-corrected chi connectivity index (χ3v) is 5.79. The summed E-state index contributed by atoms with van der Waals surface area (Å²) in [6, 6.07) is 11.4. The minimum atomic E-state index is -0.314. The van der Waals surface area contributed by atoms with Crippen LogP contribution in [0.3, 0.4) is 0 Å². The van der Waals surface area contributed by atoms with Crippen molar-refractivity contribution in [1.29, 1.82) is 5.26 Å². The first kappa shape index (κ1) is 22.3. The van der Waals surface area contributed by atoms with E-state index in [-0.39, 0.29) is 17.5 Å². The molecule has 0 atom stereocenters. The molecular weight excluding hydrogens is 420 g/mol. The number of nitriles is 1. The summed E-state index contributed by atoms with van der Waals surface area (Å²) in [5, 5.41) is 24.7. The van der Waals surface area contributed by atoms with Gasteiger partial charge in [-0.15, -0.1) is 10.2 Å². The lowest BCUT2D eigenvalue weighted by Gasteiger charge is -2.23. The molecule has 0 spiro atoms. The summed E-state index contributed by atoms with van der Waals surface area (Å²) in [7, 11) is 1.60. The molecule has 0 radical (unpaired) electrons. The minimum absolute atomic E-state index is 0.165. The van der Waals surface area contributed by atoms with Gasteiger partial charge in [-0.05, 0) is 67.5 Å². The van der Waals surface area contributed by atoms with Crippen LogP contribution in [0.5, 0.6) is 5.75 Å². The molecule has 0 bridgehead atoms. The summed E-state index contributed by atoms with van der Waals surface area (Å²) >= 11 is 0. The second-order valence-corrected chi connectivity index (χ2v) is 8.23. The van der Waals surface area contributed by atoms with Gasteiger partial charge in [-0.3, -0.25) is 4.79 Å². The van der Waals surface area contributed by atoms with E-state index in [0.29, 0.717) is 36.4 Å². The standard InChI is InChI=1S/C23H26N8O2/c1-15-26-20(22-28-30-31(29-22)14-17-8-6-16(12-24)7-9-17)11-21(27-15)23(32)25-13-18-4-3-5-19(10-18)33-2/h3-5,10-11,16-17H,6-9,13-14H2,1-2H3,(H,25,32)/t16-,17-. The number of benzene rings is 1. The van der Waals surface area contributed by atoms with Crippen molar-refractivity contribution in [3.8, 4) is 23.3 Å². The highest BCUT2D eigenvalue weighted by Gasteiger charge is 2.22. The zero-order valence-electron chi connectivity index (χ0n) is 18.7. The first-order chi connectivity index (χ1) is 16.0. The van der Waals surface area contributed by atoms with Crippen LogP contribution in [-0.4, -0.2) is 43.2 Å². The summed E-state index contributed by atoms with van der Waals surface area (Å²) in [6.07, 6.45) is 3.81. The van der Waals surface area contributed by atoms with Crippen LogP contribution in [0.4, 0.5) is 0 Å². The van der Waals surface area contributed by atoms with Crippen molar-refractivity contribution in [3.05, 3.63) is 47.4 Å². The fourth-order valence-electron chi connectivity index (χ4n) is 3.98. The number of carbonyl (C=O) groups is 1. The molecule has 10 heteroatoms. The molecule has 1 N–H and O–H groups in total. The second-order valence-electron chi connectivity index (χ2n) is 8.23. The van der Waals surface area contributed by atoms with Gasteiger partial charge in [0.2, 0.25) is 5.82 Å². The zero-order chi connectivity index (χ0) is 23.2. The lowest BCUT2D eigenvalue weighted by atomic mass is 9.83.